The molecular weight excluding hydrogens is 238 g/mol. The van der Waals surface area contributed by atoms with E-state index >= 15 is 0 Å². The van der Waals surface area contributed by atoms with Crippen molar-refractivity contribution in [3.63, 3.8) is 0 Å². The molecule has 0 bridgehead atoms. The van der Waals surface area contributed by atoms with Crippen LogP contribution in [0.3, 0.4) is 0 Å². The minimum Gasteiger partial charge on any atom is -0.383 e. The largest absolute Gasteiger partial charge is 0.383 e. The molecule has 1 fully saturated rings. The lowest BCUT2D eigenvalue weighted by Crippen LogP contribution is -2.43. The molecule has 0 spiro atoms. The Bertz CT molecular complexity index is 300. The van der Waals surface area contributed by atoms with Crippen LogP contribution in [0.5, 0.6) is 0 Å². The van der Waals surface area contributed by atoms with Gasteiger partial charge in [0.1, 0.15) is 5.54 Å². The smallest absolute Gasteiger partial charge is 0.107 e. The van der Waals surface area contributed by atoms with Crippen LogP contribution >= 0.6 is 0 Å². The Balaban J connectivity index is 2.44. The summed E-state index contributed by atoms with van der Waals surface area (Å²) in [5.74, 6) is 1.01. The van der Waals surface area contributed by atoms with Crippen LogP contribution in [0.25, 0.3) is 0 Å². The molecule has 19 heavy (non-hydrogen) atoms. The van der Waals surface area contributed by atoms with Crippen LogP contribution < -0.4 is 5.73 Å². The molecule has 2 atom stereocenters. The Kier molecular flexibility index (Phi) is 6.78. The Hall–Kier alpha value is -0.630. The number of rotatable bonds is 8. The number of ether oxygens (including phenoxy) is 1. The maximum Gasteiger partial charge on any atom is 0.107 e. The summed E-state index contributed by atoms with van der Waals surface area (Å²) < 4.78 is 5.17. The van der Waals surface area contributed by atoms with Crippen LogP contribution in [-0.2, 0) is 4.74 Å². The summed E-state index contributed by atoms with van der Waals surface area (Å²) in [6.07, 6.45) is 4.08. The SMILES string of the molecule is COCCN(CCC1CCCC1(N)C#N)CC(C)C. The molecule has 4 nitrogen and oxygen atoms in total. The zero-order valence-electron chi connectivity index (χ0n) is 12.7. The maximum absolute atomic E-state index is 9.24. The van der Waals surface area contributed by atoms with E-state index in [1.807, 2.05) is 0 Å². The fourth-order valence-electron chi connectivity index (χ4n) is 3.02. The number of nitriles is 1. The van der Waals surface area contributed by atoms with Gasteiger partial charge in [-0.2, -0.15) is 5.26 Å². The highest BCUT2D eigenvalue weighted by atomic mass is 16.5. The summed E-state index contributed by atoms with van der Waals surface area (Å²) in [5, 5.41) is 9.24. The molecule has 1 aliphatic carbocycles. The first-order valence-electron chi connectivity index (χ1n) is 7.43. The molecule has 0 saturated heterocycles. The van der Waals surface area contributed by atoms with Crippen molar-refractivity contribution in [3.05, 3.63) is 0 Å². The predicted octanol–water partition coefficient (Wildman–Crippen LogP) is 2.00. The summed E-state index contributed by atoms with van der Waals surface area (Å²) in [6, 6.07) is 2.33. The summed E-state index contributed by atoms with van der Waals surface area (Å²) in [5.41, 5.74) is 5.61. The van der Waals surface area contributed by atoms with Gasteiger partial charge in [-0.3, -0.25) is 0 Å². The van der Waals surface area contributed by atoms with Crippen molar-refractivity contribution in [3.8, 4) is 6.07 Å². The van der Waals surface area contributed by atoms with Crippen LogP contribution in [-0.4, -0.2) is 43.8 Å². The average molecular weight is 267 g/mol. The van der Waals surface area contributed by atoms with Crippen LogP contribution in [0.15, 0.2) is 0 Å². The molecule has 1 rings (SSSR count). The number of hydrogen-bond donors (Lipinski definition) is 1. The van der Waals surface area contributed by atoms with Gasteiger partial charge in [0.25, 0.3) is 0 Å². The first-order valence-corrected chi connectivity index (χ1v) is 7.43. The van der Waals surface area contributed by atoms with Gasteiger partial charge in [-0.1, -0.05) is 20.3 Å². The van der Waals surface area contributed by atoms with E-state index in [1.54, 1.807) is 7.11 Å². The van der Waals surface area contributed by atoms with Gasteiger partial charge >= 0.3 is 0 Å². The van der Waals surface area contributed by atoms with E-state index < -0.39 is 5.54 Å². The number of nitrogens with two attached hydrogens (primary N) is 1. The third-order valence-corrected chi connectivity index (χ3v) is 4.11. The van der Waals surface area contributed by atoms with E-state index in [0.29, 0.717) is 11.8 Å². The molecule has 110 valence electrons. The predicted molar refractivity (Wildman–Crippen MR) is 77.6 cm³/mol. The van der Waals surface area contributed by atoms with Crippen LogP contribution in [0.1, 0.15) is 39.5 Å². The first kappa shape index (κ1) is 16.4. The van der Waals surface area contributed by atoms with Gasteiger partial charge in [0, 0.05) is 20.2 Å². The van der Waals surface area contributed by atoms with E-state index in [4.69, 9.17) is 10.5 Å². The van der Waals surface area contributed by atoms with Crippen molar-refractivity contribution in [2.24, 2.45) is 17.6 Å². The van der Waals surface area contributed by atoms with E-state index in [-0.39, 0.29) is 0 Å². The molecule has 0 heterocycles. The quantitative estimate of drug-likeness (QED) is 0.730. The average Bonchev–Trinajstić information content (AvgIpc) is 2.74. The zero-order chi connectivity index (χ0) is 14.3. The summed E-state index contributed by atoms with van der Waals surface area (Å²) in [6.45, 7) is 8.30. The second-order valence-electron chi connectivity index (χ2n) is 6.22. The van der Waals surface area contributed by atoms with Crippen LogP contribution in [0.4, 0.5) is 0 Å². The second kappa shape index (κ2) is 7.84. The van der Waals surface area contributed by atoms with Crippen molar-refractivity contribution in [2.45, 2.75) is 45.1 Å². The fraction of sp³-hybridized carbons (Fsp3) is 0.933. The van der Waals surface area contributed by atoms with Gasteiger partial charge in [0.2, 0.25) is 0 Å². The fourth-order valence-corrected chi connectivity index (χ4v) is 3.02. The minimum atomic E-state index is -0.579. The normalized spacial score (nSPS) is 27.1. The molecule has 1 saturated carbocycles. The lowest BCUT2D eigenvalue weighted by molar-refractivity contribution is 0.133. The molecule has 1 aliphatic rings. The van der Waals surface area contributed by atoms with E-state index in [0.717, 1.165) is 51.9 Å². The summed E-state index contributed by atoms with van der Waals surface area (Å²) in [4.78, 5) is 2.43. The molecule has 2 unspecified atom stereocenters. The monoisotopic (exact) mass is 267 g/mol. The van der Waals surface area contributed by atoms with Crippen molar-refractivity contribution in [2.75, 3.05) is 33.4 Å². The number of methoxy groups -OCH3 is 1. The third kappa shape index (κ3) is 5.10. The molecule has 2 N–H and O–H groups in total. The highest BCUT2D eigenvalue weighted by Crippen LogP contribution is 2.35. The summed E-state index contributed by atoms with van der Waals surface area (Å²) in [7, 11) is 1.74. The Morgan fingerprint density at radius 2 is 2.21 bits per heavy atom. The van der Waals surface area contributed by atoms with Crippen molar-refractivity contribution < 1.29 is 4.74 Å². The van der Waals surface area contributed by atoms with Gasteiger partial charge in [-0.25, -0.2) is 0 Å². The Labute approximate surface area is 117 Å². The van der Waals surface area contributed by atoms with Crippen LogP contribution in [0.2, 0.25) is 0 Å². The number of nitrogens with zero attached hydrogens (tertiary/aromatic N) is 2. The third-order valence-electron chi connectivity index (χ3n) is 4.11. The molecule has 0 aromatic rings. The lowest BCUT2D eigenvalue weighted by atomic mass is 9.87. The van der Waals surface area contributed by atoms with Gasteiger partial charge in [0.05, 0.1) is 12.7 Å². The Morgan fingerprint density at radius 1 is 1.47 bits per heavy atom. The Morgan fingerprint density at radius 3 is 2.79 bits per heavy atom. The van der Waals surface area contributed by atoms with Crippen molar-refractivity contribution >= 4 is 0 Å². The number of hydrogen-bond acceptors (Lipinski definition) is 4. The first-order chi connectivity index (χ1) is 9.01. The molecule has 0 aromatic carbocycles. The summed E-state index contributed by atoms with van der Waals surface area (Å²) >= 11 is 0. The molecule has 0 aromatic heterocycles. The zero-order valence-corrected chi connectivity index (χ0v) is 12.7. The molecule has 0 radical (unpaired) electrons. The molecular formula is C15H29N3O. The molecule has 0 aliphatic heterocycles. The maximum atomic E-state index is 9.24. The highest BCUT2D eigenvalue weighted by Gasteiger charge is 2.39. The topological polar surface area (TPSA) is 62.3 Å². The van der Waals surface area contributed by atoms with Crippen molar-refractivity contribution in [1.82, 2.24) is 4.90 Å². The van der Waals surface area contributed by atoms with Crippen molar-refractivity contribution in [1.29, 1.82) is 5.26 Å². The van der Waals surface area contributed by atoms with Gasteiger partial charge in [0.15, 0.2) is 0 Å². The van der Waals surface area contributed by atoms with Gasteiger partial charge in [-0.05, 0) is 37.6 Å². The van der Waals surface area contributed by atoms with E-state index in [9.17, 15) is 5.26 Å². The highest BCUT2D eigenvalue weighted by molar-refractivity contribution is 5.11. The lowest BCUT2D eigenvalue weighted by Gasteiger charge is -2.29. The molecule has 0 amide bonds. The van der Waals surface area contributed by atoms with E-state index in [1.165, 1.54) is 0 Å². The van der Waals surface area contributed by atoms with Crippen LogP contribution in [0, 0.1) is 23.2 Å². The second-order valence-corrected chi connectivity index (χ2v) is 6.22. The van der Waals surface area contributed by atoms with Gasteiger partial charge < -0.3 is 15.4 Å². The van der Waals surface area contributed by atoms with E-state index in [2.05, 4.69) is 24.8 Å². The molecule has 4 heteroatoms. The standard InChI is InChI=1S/C15H29N3O/c1-13(2)11-18(9-10-19-3)8-6-14-5-4-7-15(14,17)12-16/h13-14H,4-11,17H2,1-3H3. The van der Waals surface area contributed by atoms with Gasteiger partial charge in [-0.15, -0.1) is 0 Å². The minimum absolute atomic E-state index is 0.356.